The summed E-state index contributed by atoms with van der Waals surface area (Å²) in [5.41, 5.74) is 4.01. The Balaban J connectivity index is 1.66. The predicted octanol–water partition coefficient (Wildman–Crippen LogP) is 6.26. The Morgan fingerprint density at radius 1 is 0.923 bits per heavy atom. The van der Waals surface area contributed by atoms with Crippen LogP contribution in [0.5, 0.6) is 0 Å². The van der Waals surface area contributed by atoms with Crippen LogP contribution in [-0.4, -0.2) is 9.97 Å². The molecule has 0 aliphatic rings. The second kappa shape index (κ2) is 5.92. The molecular formula is C22H24N2OS. The van der Waals surface area contributed by atoms with Crippen molar-refractivity contribution in [3.8, 4) is 0 Å². The first-order valence-corrected chi connectivity index (χ1v) is 9.80. The van der Waals surface area contributed by atoms with Gasteiger partial charge in [-0.1, -0.05) is 52.8 Å². The molecule has 0 saturated heterocycles. The van der Waals surface area contributed by atoms with Gasteiger partial charge >= 0.3 is 0 Å². The van der Waals surface area contributed by atoms with Gasteiger partial charge in [-0.25, -0.2) is 9.97 Å². The zero-order valence-corrected chi connectivity index (χ0v) is 16.8. The maximum Gasteiger partial charge on any atom is 0.200 e. The number of nitrogens with zero attached hydrogens (tertiary/aromatic N) is 2. The van der Waals surface area contributed by atoms with Gasteiger partial charge in [0, 0.05) is 10.8 Å². The number of rotatable bonds is 3. The molecule has 0 fully saturated rings. The van der Waals surface area contributed by atoms with E-state index in [1.165, 1.54) is 15.3 Å². The van der Waals surface area contributed by atoms with E-state index in [9.17, 15) is 0 Å². The van der Waals surface area contributed by atoms with E-state index in [1.54, 1.807) is 11.3 Å². The van der Waals surface area contributed by atoms with Crippen LogP contribution in [0.4, 0.5) is 0 Å². The van der Waals surface area contributed by atoms with Crippen LogP contribution in [-0.2, 0) is 17.3 Å². The Kier molecular flexibility index (Phi) is 3.92. The highest BCUT2D eigenvalue weighted by molar-refractivity contribution is 7.18. The normalized spacial score (nSPS) is 13.0. The maximum absolute atomic E-state index is 6.02. The molecule has 0 atom stereocenters. The lowest BCUT2D eigenvalue weighted by Gasteiger charge is -2.21. The standard InChI is InChI=1S/C22H24N2OS/c1-21(2,3)19-23-15-11-10-14(12-17(15)25-19)13-22(4,5)20-24-16-8-6-7-9-18(16)26-20/h6-12H,13H2,1-5H3. The Bertz CT molecular complexity index is 1050. The van der Waals surface area contributed by atoms with E-state index in [0.29, 0.717) is 0 Å². The first-order chi connectivity index (χ1) is 12.2. The number of para-hydroxylation sites is 1. The van der Waals surface area contributed by atoms with E-state index >= 15 is 0 Å². The number of fused-ring (bicyclic) bond motifs is 2. The van der Waals surface area contributed by atoms with Crippen LogP contribution in [0.1, 0.15) is 51.1 Å². The number of thiazole rings is 1. The Hall–Kier alpha value is -2.20. The summed E-state index contributed by atoms with van der Waals surface area (Å²) in [7, 11) is 0. The Morgan fingerprint density at radius 2 is 1.69 bits per heavy atom. The summed E-state index contributed by atoms with van der Waals surface area (Å²) in [4.78, 5) is 9.49. The van der Waals surface area contributed by atoms with Crippen LogP contribution in [0.2, 0.25) is 0 Å². The lowest BCUT2D eigenvalue weighted by molar-refractivity contribution is 0.410. The van der Waals surface area contributed by atoms with Crippen LogP contribution in [0, 0.1) is 0 Å². The van der Waals surface area contributed by atoms with E-state index < -0.39 is 0 Å². The highest BCUT2D eigenvalue weighted by atomic mass is 32.1. The quantitative estimate of drug-likeness (QED) is 0.431. The third-order valence-corrected chi connectivity index (χ3v) is 6.02. The molecule has 0 spiro atoms. The van der Waals surface area contributed by atoms with Gasteiger partial charge < -0.3 is 4.42 Å². The van der Waals surface area contributed by atoms with Crippen molar-refractivity contribution in [1.82, 2.24) is 9.97 Å². The fourth-order valence-corrected chi connectivity index (χ4v) is 4.21. The van der Waals surface area contributed by atoms with Crippen LogP contribution < -0.4 is 0 Å². The number of benzene rings is 2. The van der Waals surface area contributed by atoms with Gasteiger partial charge in [-0.2, -0.15) is 0 Å². The fourth-order valence-electron chi connectivity index (χ4n) is 3.15. The molecule has 4 heteroatoms. The Labute approximate surface area is 158 Å². The summed E-state index contributed by atoms with van der Waals surface area (Å²) in [5.74, 6) is 0.787. The lowest BCUT2D eigenvalue weighted by Crippen LogP contribution is -2.20. The van der Waals surface area contributed by atoms with Gasteiger partial charge in [0.15, 0.2) is 5.58 Å². The second-order valence-corrected chi connectivity index (χ2v) is 9.65. The molecule has 0 saturated carbocycles. The van der Waals surface area contributed by atoms with Gasteiger partial charge in [-0.3, -0.25) is 0 Å². The van der Waals surface area contributed by atoms with E-state index in [4.69, 9.17) is 9.40 Å². The molecule has 0 N–H and O–H groups in total. The van der Waals surface area contributed by atoms with E-state index in [0.717, 1.165) is 28.9 Å². The van der Waals surface area contributed by atoms with Gasteiger partial charge in [0.25, 0.3) is 0 Å². The topological polar surface area (TPSA) is 38.9 Å². The van der Waals surface area contributed by atoms with E-state index in [2.05, 4.69) is 76.0 Å². The number of hydrogen-bond acceptors (Lipinski definition) is 4. The molecule has 134 valence electrons. The molecular weight excluding hydrogens is 340 g/mol. The molecule has 3 nitrogen and oxygen atoms in total. The molecule has 2 aromatic carbocycles. The SMILES string of the molecule is CC(C)(C)c1nc2ccc(CC(C)(C)c3nc4ccccc4s3)cc2o1. The van der Waals surface area contributed by atoms with Crippen molar-refractivity contribution in [1.29, 1.82) is 0 Å². The molecule has 0 amide bonds. The zero-order valence-electron chi connectivity index (χ0n) is 16.0. The van der Waals surface area contributed by atoms with Crippen molar-refractivity contribution in [2.45, 2.75) is 51.9 Å². The van der Waals surface area contributed by atoms with Crippen molar-refractivity contribution < 1.29 is 4.42 Å². The van der Waals surface area contributed by atoms with Crippen LogP contribution in [0.3, 0.4) is 0 Å². The van der Waals surface area contributed by atoms with Crippen LogP contribution >= 0.6 is 11.3 Å². The van der Waals surface area contributed by atoms with Crippen molar-refractivity contribution >= 4 is 32.7 Å². The third kappa shape index (κ3) is 3.14. The second-order valence-electron chi connectivity index (χ2n) is 8.62. The van der Waals surface area contributed by atoms with Gasteiger partial charge in [-0.05, 0) is 36.2 Å². The van der Waals surface area contributed by atoms with E-state index in [1.807, 2.05) is 6.07 Å². The van der Waals surface area contributed by atoms with Gasteiger partial charge in [-0.15, -0.1) is 11.3 Å². The average molecular weight is 365 g/mol. The molecule has 2 aromatic heterocycles. The zero-order chi connectivity index (χ0) is 18.5. The minimum atomic E-state index is -0.0839. The molecule has 0 radical (unpaired) electrons. The van der Waals surface area contributed by atoms with Crippen molar-refractivity contribution in [3.63, 3.8) is 0 Å². The number of hydrogen-bond donors (Lipinski definition) is 0. The lowest BCUT2D eigenvalue weighted by atomic mass is 9.86. The Morgan fingerprint density at radius 3 is 2.42 bits per heavy atom. The van der Waals surface area contributed by atoms with Crippen molar-refractivity contribution in [2.75, 3.05) is 0 Å². The first-order valence-electron chi connectivity index (χ1n) is 8.98. The van der Waals surface area contributed by atoms with Crippen molar-refractivity contribution in [2.24, 2.45) is 0 Å². The van der Waals surface area contributed by atoms with Crippen LogP contribution in [0.25, 0.3) is 21.3 Å². The largest absolute Gasteiger partial charge is 0.440 e. The van der Waals surface area contributed by atoms with E-state index in [-0.39, 0.29) is 10.8 Å². The minimum absolute atomic E-state index is 0.0375. The van der Waals surface area contributed by atoms with Gasteiger partial charge in [0.1, 0.15) is 5.52 Å². The van der Waals surface area contributed by atoms with Gasteiger partial charge in [0.2, 0.25) is 5.89 Å². The highest BCUT2D eigenvalue weighted by Crippen LogP contribution is 2.35. The first kappa shape index (κ1) is 17.2. The van der Waals surface area contributed by atoms with Crippen LogP contribution in [0.15, 0.2) is 46.9 Å². The summed E-state index contributed by atoms with van der Waals surface area (Å²) in [6.07, 6.45) is 0.911. The van der Waals surface area contributed by atoms with Gasteiger partial charge in [0.05, 0.1) is 15.2 Å². The molecule has 0 aliphatic heterocycles. The molecule has 4 rings (SSSR count). The fraction of sp³-hybridized carbons (Fsp3) is 0.364. The van der Waals surface area contributed by atoms with Crippen molar-refractivity contribution in [3.05, 3.63) is 58.9 Å². The molecule has 2 heterocycles. The maximum atomic E-state index is 6.02. The molecule has 4 aromatic rings. The number of aromatic nitrogens is 2. The summed E-state index contributed by atoms with van der Waals surface area (Å²) in [6, 6.07) is 14.7. The molecule has 0 bridgehead atoms. The molecule has 26 heavy (non-hydrogen) atoms. The monoisotopic (exact) mass is 364 g/mol. The molecule has 0 unspecified atom stereocenters. The number of oxazole rings is 1. The summed E-state index contributed by atoms with van der Waals surface area (Å²) in [6.45, 7) is 10.9. The minimum Gasteiger partial charge on any atom is -0.440 e. The predicted molar refractivity (Wildman–Crippen MR) is 109 cm³/mol. The average Bonchev–Trinajstić information content (AvgIpc) is 3.18. The molecule has 0 aliphatic carbocycles. The highest BCUT2D eigenvalue weighted by Gasteiger charge is 2.26. The third-order valence-electron chi connectivity index (χ3n) is 4.61. The summed E-state index contributed by atoms with van der Waals surface area (Å²) >= 11 is 1.79. The summed E-state index contributed by atoms with van der Waals surface area (Å²) in [5, 5.41) is 1.17. The summed E-state index contributed by atoms with van der Waals surface area (Å²) < 4.78 is 7.26. The smallest absolute Gasteiger partial charge is 0.200 e.